The predicted molar refractivity (Wildman–Crippen MR) is 133 cm³/mol. The second kappa shape index (κ2) is 9.93. The second-order valence-electron chi connectivity index (χ2n) is 8.11. The van der Waals surface area contributed by atoms with Crippen LogP contribution in [-0.2, 0) is 16.1 Å². The molecule has 12 heteroatoms. The van der Waals surface area contributed by atoms with E-state index in [1.165, 1.54) is 30.3 Å². The molecule has 1 aliphatic heterocycles. The standard InChI is InChI=1S/C22H17Br2Cl2N3O5/c23-17-8-15-16(9-18(17)24)22(32)28(21(15)31)27(10-12-1-4-13(25)7-19(12)26)20(30)11-2-5-14(6-3-11)29(33)34/h1-7,15-18H,8-10H2/t15-,16-,17+,18+/m1/s1. The number of fused-ring (bicyclic) bond motifs is 1. The lowest BCUT2D eigenvalue weighted by Crippen LogP contribution is -2.49. The number of rotatable bonds is 5. The van der Waals surface area contributed by atoms with E-state index >= 15 is 0 Å². The number of hydrazine groups is 1. The van der Waals surface area contributed by atoms with Crippen molar-refractivity contribution < 1.29 is 19.3 Å². The molecule has 1 saturated heterocycles. The van der Waals surface area contributed by atoms with Gasteiger partial charge in [-0.2, -0.15) is 5.01 Å². The van der Waals surface area contributed by atoms with Gasteiger partial charge in [0.2, 0.25) is 0 Å². The molecule has 0 radical (unpaired) electrons. The van der Waals surface area contributed by atoms with Crippen LogP contribution in [0.4, 0.5) is 5.69 Å². The second-order valence-corrected chi connectivity index (χ2v) is 11.3. The number of benzene rings is 2. The van der Waals surface area contributed by atoms with Gasteiger partial charge < -0.3 is 0 Å². The first kappa shape index (κ1) is 25.1. The van der Waals surface area contributed by atoms with Crippen molar-refractivity contribution in [1.82, 2.24) is 10.0 Å². The molecule has 1 saturated carbocycles. The summed E-state index contributed by atoms with van der Waals surface area (Å²) in [5.74, 6) is -2.69. The van der Waals surface area contributed by atoms with E-state index in [9.17, 15) is 24.5 Å². The number of halogens is 4. The summed E-state index contributed by atoms with van der Waals surface area (Å²) in [4.78, 5) is 50.7. The van der Waals surface area contributed by atoms with Gasteiger partial charge in [-0.1, -0.05) is 61.1 Å². The van der Waals surface area contributed by atoms with E-state index in [1.54, 1.807) is 12.1 Å². The first-order chi connectivity index (χ1) is 16.1. The molecule has 34 heavy (non-hydrogen) atoms. The van der Waals surface area contributed by atoms with Gasteiger partial charge in [0.15, 0.2) is 0 Å². The first-order valence-electron chi connectivity index (χ1n) is 10.2. The molecular weight excluding hydrogens is 617 g/mol. The fraction of sp³-hybridized carbons (Fsp3) is 0.318. The molecular formula is C22H17Br2Cl2N3O5. The molecule has 4 rings (SSSR count). The van der Waals surface area contributed by atoms with Gasteiger partial charge in [-0.15, -0.1) is 0 Å². The van der Waals surface area contributed by atoms with E-state index < -0.39 is 34.5 Å². The summed E-state index contributed by atoms with van der Waals surface area (Å²) in [5.41, 5.74) is 0.381. The average molecular weight is 634 g/mol. The zero-order valence-corrected chi connectivity index (χ0v) is 22.1. The third-order valence-electron chi connectivity index (χ3n) is 6.02. The number of nitro benzene ring substituents is 1. The molecule has 0 bridgehead atoms. The molecule has 8 nitrogen and oxygen atoms in total. The molecule has 0 unspecified atom stereocenters. The van der Waals surface area contributed by atoms with Crippen molar-refractivity contribution in [3.05, 3.63) is 73.8 Å². The number of hydrogen-bond donors (Lipinski definition) is 0. The number of hydrogen-bond acceptors (Lipinski definition) is 5. The number of nitro groups is 1. The van der Waals surface area contributed by atoms with Crippen molar-refractivity contribution in [3.8, 4) is 0 Å². The van der Waals surface area contributed by atoms with Crippen molar-refractivity contribution in [2.75, 3.05) is 0 Å². The summed E-state index contributed by atoms with van der Waals surface area (Å²) in [6.45, 7) is -0.168. The maximum Gasteiger partial charge on any atom is 0.273 e. The highest BCUT2D eigenvalue weighted by Crippen LogP contribution is 2.44. The molecule has 2 fully saturated rings. The fourth-order valence-electron chi connectivity index (χ4n) is 4.23. The Kier molecular flexibility index (Phi) is 7.33. The lowest BCUT2D eigenvalue weighted by molar-refractivity contribution is -0.384. The summed E-state index contributed by atoms with van der Waals surface area (Å²) >= 11 is 19.4. The zero-order valence-electron chi connectivity index (χ0n) is 17.4. The van der Waals surface area contributed by atoms with Crippen LogP contribution < -0.4 is 0 Å². The lowest BCUT2D eigenvalue weighted by Gasteiger charge is -2.31. The third-order valence-corrected chi connectivity index (χ3v) is 9.34. The highest BCUT2D eigenvalue weighted by Gasteiger charge is 2.54. The minimum Gasteiger partial charge on any atom is -0.272 e. The van der Waals surface area contributed by atoms with Gasteiger partial charge in [0.05, 0.1) is 23.3 Å². The van der Waals surface area contributed by atoms with Gasteiger partial charge in [0, 0.05) is 37.4 Å². The van der Waals surface area contributed by atoms with E-state index in [1.807, 2.05) is 0 Å². The van der Waals surface area contributed by atoms with Crippen LogP contribution in [0.5, 0.6) is 0 Å². The van der Waals surface area contributed by atoms with Crippen LogP contribution in [0.1, 0.15) is 28.8 Å². The molecule has 2 aromatic carbocycles. The number of carbonyl (C=O) groups excluding carboxylic acids is 3. The number of nitrogens with zero attached hydrogens (tertiary/aromatic N) is 3. The van der Waals surface area contributed by atoms with Crippen molar-refractivity contribution in [2.24, 2.45) is 11.8 Å². The first-order valence-corrected chi connectivity index (χ1v) is 12.8. The minimum atomic E-state index is -0.660. The van der Waals surface area contributed by atoms with Crippen LogP contribution >= 0.6 is 55.1 Å². The SMILES string of the molecule is O=C(c1ccc([N+](=O)[O-])cc1)N(Cc1ccc(Cl)cc1Cl)N1C(=O)[C@@H]2C[C@H](Br)[C@@H](Br)C[C@H]2C1=O. The smallest absolute Gasteiger partial charge is 0.272 e. The summed E-state index contributed by atoms with van der Waals surface area (Å²) < 4.78 is 0. The van der Waals surface area contributed by atoms with Gasteiger partial charge in [-0.25, -0.2) is 5.01 Å². The Morgan fingerprint density at radius 3 is 2.09 bits per heavy atom. The number of carbonyl (C=O) groups is 3. The number of non-ortho nitro benzene ring substituents is 1. The van der Waals surface area contributed by atoms with E-state index in [4.69, 9.17) is 23.2 Å². The third kappa shape index (κ3) is 4.73. The van der Waals surface area contributed by atoms with Crippen LogP contribution in [0.25, 0.3) is 0 Å². The Labute approximate surface area is 221 Å². The van der Waals surface area contributed by atoms with Crippen molar-refractivity contribution in [1.29, 1.82) is 0 Å². The van der Waals surface area contributed by atoms with Crippen LogP contribution in [0.2, 0.25) is 10.0 Å². The van der Waals surface area contributed by atoms with Gasteiger partial charge in [-0.05, 0) is 42.7 Å². The molecule has 2 aromatic rings. The molecule has 3 amide bonds. The normalized spacial score (nSPS) is 24.2. The monoisotopic (exact) mass is 631 g/mol. The Morgan fingerprint density at radius 2 is 1.59 bits per heavy atom. The van der Waals surface area contributed by atoms with Gasteiger partial charge >= 0.3 is 0 Å². The Hall–Kier alpha value is -2.01. The average Bonchev–Trinajstić information content (AvgIpc) is 3.02. The summed E-state index contributed by atoms with van der Waals surface area (Å²) in [6, 6.07) is 9.68. The number of amides is 3. The maximum atomic E-state index is 13.5. The Bertz CT molecular complexity index is 1150. The highest BCUT2D eigenvalue weighted by molar-refractivity contribution is 9.12. The molecule has 1 aliphatic carbocycles. The lowest BCUT2D eigenvalue weighted by atomic mass is 9.81. The zero-order chi connectivity index (χ0) is 24.7. The summed E-state index contributed by atoms with van der Waals surface area (Å²) in [6.07, 6.45) is 0.895. The maximum absolute atomic E-state index is 13.5. The largest absolute Gasteiger partial charge is 0.273 e. The Balaban J connectivity index is 1.73. The van der Waals surface area contributed by atoms with Gasteiger partial charge in [-0.3, -0.25) is 24.5 Å². The van der Waals surface area contributed by atoms with Crippen molar-refractivity contribution >= 4 is 78.5 Å². The number of alkyl halides is 2. The quantitative estimate of drug-likeness (QED) is 0.190. The fourth-order valence-corrected chi connectivity index (χ4v) is 5.94. The van der Waals surface area contributed by atoms with Crippen LogP contribution in [0.15, 0.2) is 42.5 Å². The number of imide groups is 1. The van der Waals surface area contributed by atoms with Gasteiger partial charge in [0.1, 0.15) is 0 Å². The molecule has 0 spiro atoms. The Morgan fingerprint density at radius 1 is 1.03 bits per heavy atom. The van der Waals surface area contributed by atoms with E-state index in [0.717, 1.165) is 10.0 Å². The topological polar surface area (TPSA) is 101 Å². The minimum absolute atomic E-state index is 0.00924. The molecule has 178 valence electrons. The predicted octanol–water partition coefficient (Wildman–Crippen LogP) is 5.38. The van der Waals surface area contributed by atoms with Crippen LogP contribution in [0.3, 0.4) is 0 Å². The molecule has 0 aromatic heterocycles. The summed E-state index contributed by atoms with van der Waals surface area (Å²) in [7, 11) is 0. The molecule has 2 aliphatic rings. The summed E-state index contributed by atoms with van der Waals surface area (Å²) in [5, 5.41) is 13.6. The highest BCUT2D eigenvalue weighted by atomic mass is 79.9. The van der Waals surface area contributed by atoms with Crippen molar-refractivity contribution in [2.45, 2.75) is 29.0 Å². The van der Waals surface area contributed by atoms with E-state index in [0.29, 0.717) is 23.4 Å². The van der Waals surface area contributed by atoms with E-state index in [-0.39, 0.29) is 32.5 Å². The van der Waals surface area contributed by atoms with Crippen LogP contribution in [0, 0.1) is 22.0 Å². The van der Waals surface area contributed by atoms with E-state index in [2.05, 4.69) is 31.9 Å². The van der Waals surface area contributed by atoms with Gasteiger partial charge in [0.25, 0.3) is 23.4 Å². The van der Waals surface area contributed by atoms with Crippen molar-refractivity contribution in [3.63, 3.8) is 0 Å². The molecule has 4 atom stereocenters. The molecule has 1 heterocycles. The van der Waals surface area contributed by atoms with Crippen LogP contribution in [-0.4, -0.2) is 42.3 Å². The molecule has 0 N–H and O–H groups in total.